The minimum Gasteiger partial charge on any atom is -0.309 e. The van der Waals surface area contributed by atoms with E-state index in [9.17, 15) is 0 Å². The Balaban J connectivity index is 1.35. The van der Waals surface area contributed by atoms with Gasteiger partial charge in [-0.05, 0) is 76.2 Å². The molecule has 0 unspecified atom stereocenters. The van der Waals surface area contributed by atoms with Crippen LogP contribution in [0.25, 0.3) is 98.4 Å². The highest BCUT2D eigenvalue weighted by Crippen LogP contribution is 2.47. The molecule has 0 fully saturated rings. The van der Waals surface area contributed by atoms with Gasteiger partial charge in [-0.1, -0.05) is 127 Å². The molecule has 11 aromatic rings. The zero-order valence-corrected chi connectivity index (χ0v) is 27.0. The van der Waals surface area contributed by atoms with Gasteiger partial charge in [0.15, 0.2) is 0 Å². The van der Waals surface area contributed by atoms with Crippen LogP contribution in [0.3, 0.4) is 0 Å². The molecule has 2 heterocycles. The van der Waals surface area contributed by atoms with Crippen LogP contribution in [-0.2, 0) is 0 Å². The molecule has 2 aromatic heterocycles. The fourth-order valence-corrected chi connectivity index (χ4v) is 8.72. The van der Waals surface area contributed by atoms with Crippen LogP contribution >= 0.6 is 0 Å². The van der Waals surface area contributed by atoms with E-state index in [4.69, 9.17) is 0 Å². The molecular weight excluding hydrogens is 593 g/mol. The van der Waals surface area contributed by atoms with Crippen molar-refractivity contribution in [1.29, 1.82) is 0 Å². The summed E-state index contributed by atoms with van der Waals surface area (Å²) in [5.41, 5.74) is 11.1. The molecule has 0 aliphatic carbocycles. The van der Waals surface area contributed by atoms with E-state index < -0.39 is 0 Å². The van der Waals surface area contributed by atoms with Crippen LogP contribution in [0.2, 0.25) is 0 Å². The van der Waals surface area contributed by atoms with E-state index in [0.29, 0.717) is 0 Å². The number of nitrogens with zero attached hydrogens (tertiary/aromatic N) is 2. The Kier molecular flexibility index (Phi) is 5.34. The summed E-state index contributed by atoms with van der Waals surface area (Å²) < 4.78 is 4.97. The molecule has 0 radical (unpaired) electrons. The minimum absolute atomic E-state index is 1.21. The normalized spacial score (nSPS) is 12.2. The molecule has 9 aromatic carbocycles. The smallest absolute Gasteiger partial charge is 0.0547 e. The van der Waals surface area contributed by atoms with E-state index in [1.54, 1.807) is 0 Å². The monoisotopic (exact) mass is 622 g/mol. The summed E-state index contributed by atoms with van der Waals surface area (Å²) >= 11 is 0. The van der Waals surface area contributed by atoms with Crippen molar-refractivity contribution in [2.45, 2.75) is 6.92 Å². The van der Waals surface area contributed by atoms with Crippen molar-refractivity contribution < 1.29 is 0 Å². The maximum absolute atomic E-state index is 2.49. The summed E-state index contributed by atoms with van der Waals surface area (Å²) in [6.45, 7) is 2.27. The third-order valence-electron chi connectivity index (χ3n) is 10.8. The van der Waals surface area contributed by atoms with Crippen molar-refractivity contribution in [3.8, 4) is 22.5 Å². The van der Waals surface area contributed by atoms with Crippen LogP contribution < -0.4 is 0 Å². The second-order valence-corrected chi connectivity index (χ2v) is 13.3. The molecule has 0 N–H and O–H groups in total. The molecule has 0 amide bonds. The van der Waals surface area contributed by atoms with Crippen molar-refractivity contribution in [3.63, 3.8) is 0 Å². The van der Waals surface area contributed by atoms with Gasteiger partial charge in [-0.2, -0.15) is 0 Å². The molecule has 0 aliphatic rings. The molecule has 0 saturated heterocycles. The summed E-state index contributed by atoms with van der Waals surface area (Å²) in [5.74, 6) is 0. The SMILES string of the molecule is Cc1cc(-n2c3ccccc3c3ccccc32)c2ccc3c(-c4ccccc4)cc(-n4c5ccccc5c5ccccc54)c4ccc1c2c34. The van der Waals surface area contributed by atoms with E-state index in [2.05, 4.69) is 180 Å². The Morgan fingerprint density at radius 3 is 1.22 bits per heavy atom. The Bertz CT molecular complexity index is 3000. The molecule has 0 saturated carbocycles. The first kappa shape index (κ1) is 26.7. The van der Waals surface area contributed by atoms with Crippen LogP contribution in [0.15, 0.2) is 164 Å². The number of rotatable bonds is 3. The first-order chi connectivity index (χ1) is 24.3. The number of aromatic nitrogens is 2. The van der Waals surface area contributed by atoms with Crippen LogP contribution in [0.1, 0.15) is 5.56 Å². The van der Waals surface area contributed by atoms with E-state index >= 15 is 0 Å². The number of hydrogen-bond acceptors (Lipinski definition) is 0. The van der Waals surface area contributed by atoms with Crippen molar-refractivity contribution in [2.24, 2.45) is 0 Å². The van der Waals surface area contributed by atoms with Gasteiger partial charge in [-0.25, -0.2) is 0 Å². The summed E-state index contributed by atoms with van der Waals surface area (Å²) in [6, 6.07) is 60.5. The van der Waals surface area contributed by atoms with Crippen molar-refractivity contribution >= 4 is 75.9 Å². The average molecular weight is 623 g/mol. The maximum atomic E-state index is 2.49. The lowest BCUT2D eigenvalue weighted by atomic mass is 9.87. The summed E-state index contributed by atoms with van der Waals surface area (Å²) in [6.07, 6.45) is 0. The standard InChI is InChI=1S/C47H30N2/c1-29-27-44(48-40-19-9-5-15-32(40)33-16-6-10-20-41(33)48)37-26-24-36-39(30-13-3-2-4-14-30)28-45(38-25-23-31(29)46(37)47(36)38)49-42-21-11-7-17-34(42)35-18-8-12-22-43(35)49/h2-28H,1H3. The molecule has 228 valence electrons. The first-order valence-electron chi connectivity index (χ1n) is 17.0. The lowest BCUT2D eigenvalue weighted by Gasteiger charge is -2.22. The first-order valence-corrected chi connectivity index (χ1v) is 17.0. The van der Waals surface area contributed by atoms with Crippen LogP contribution in [-0.4, -0.2) is 9.13 Å². The van der Waals surface area contributed by atoms with Gasteiger partial charge >= 0.3 is 0 Å². The third kappa shape index (κ3) is 3.55. The summed E-state index contributed by atoms with van der Waals surface area (Å²) in [5, 5.41) is 12.9. The molecule has 11 rings (SSSR count). The molecule has 2 nitrogen and oxygen atoms in total. The van der Waals surface area contributed by atoms with Gasteiger partial charge < -0.3 is 9.13 Å². The highest BCUT2D eigenvalue weighted by atomic mass is 15.0. The predicted octanol–water partition coefficient (Wildman–Crippen LogP) is 12.8. The molecule has 0 aliphatic heterocycles. The van der Waals surface area contributed by atoms with Gasteiger partial charge in [0.2, 0.25) is 0 Å². The second-order valence-electron chi connectivity index (χ2n) is 13.3. The molecule has 2 heteroatoms. The van der Waals surface area contributed by atoms with Gasteiger partial charge in [0.25, 0.3) is 0 Å². The van der Waals surface area contributed by atoms with Crippen LogP contribution in [0, 0.1) is 6.92 Å². The Morgan fingerprint density at radius 1 is 0.327 bits per heavy atom. The van der Waals surface area contributed by atoms with Gasteiger partial charge in [0.05, 0.1) is 33.4 Å². The zero-order chi connectivity index (χ0) is 32.2. The van der Waals surface area contributed by atoms with E-state index in [-0.39, 0.29) is 0 Å². The highest BCUT2D eigenvalue weighted by molar-refractivity contribution is 6.29. The second kappa shape index (κ2) is 9.82. The third-order valence-corrected chi connectivity index (χ3v) is 10.8. The molecule has 0 spiro atoms. The molecule has 0 atom stereocenters. The number of fused-ring (bicyclic) bond motifs is 6. The fraction of sp³-hybridized carbons (Fsp3) is 0.0213. The van der Waals surface area contributed by atoms with Crippen molar-refractivity contribution in [1.82, 2.24) is 9.13 Å². The van der Waals surface area contributed by atoms with Gasteiger partial charge in [-0.15, -0.1) is 0 Å². The minimum atomic E-state index is 1.21. The number of benzene rings is 9. The maximum Gasteiger partial charge on any atom is 0.0547 e. The number of hydrogen-bond donors (Lipinski definition) is 0. The van der Waals surface area contributed by atoms with Crippen molar-refractivity contribution in [2.75, 3.05) is 0 Å². The van der Waals surface area contributed by atoms with Crippen LogP contribution in [0.4, 0.5) is 0 Å². The Morgan fingerprint density at radius 2 is 0.714 bits per heavy atom. The average Bonchev–Trinajstić information content (AvgIpc) is 3.68. The summed E-state index contributed by atoms with van der Waals surface area (Å²) in [7, 11) is 0. The quantitative estimate of drug-likeness (QED) is 0.174. The van der Waals surface area contributed by atoms with Crippen LogP contribution in [0.5, 0.6) is 0 Å². The molecule has 49 heavy (non-hydrogen) atoms. The largest absolute Gasteiger partial charge is 0.309 e. The number of aryl methyl sites for hydroxylation is 1. The topological polar surface area (TPSA) is 9.86 Å². The van der Waals surface area contributed by atoms with E-state index in [1.165, 1.54) is 104 Å². The molecular formula is C47H30N2. The van der Waals surface area contributed by atoms with Gasteiger partial charge in [0.1, 0.15) is 0 Å². The van der Waals surface area contributed by atoms with E-state index in [0.717, 1.165) is 0 Å². The zero-order valence-electron chi connectivity index (χ0n) is 27.0. The predicted molar refractivity (Wildman–Crippen MR) is 209 cm³/mol. The highest BCUT2D eigenvalue weighted by Gasteiger charge is 2.22. The lowest BCUT2D eigenvalue weighted by molar-refractivity contribution is 1.19. The van der Waals surface area contributed by atoms with E-state index in [1.807, 2.05) is 0 Å². The molecule has 0 bridgehead atoms. The van der Waals surface area contributed by atoms with Gasteiger partial charge in [0, 0.05) is 37.7 Å². The summed E-state index contributed by atoms with van der Waals surface area (Å²) in [4.78, 5) is 0. The number of para-hydroxylation sites is 4. The Hall–Kier alpha value is -6.38. The fourth-order valence-electron chi connectivity index (χ4n) is 8.72. The Labute approximate surface area is 283 Å². The lowest BCUT2D eigenvalue weighted by Crippen LogP contribution is -2.01. The van der Waals surface area contributed by atoms with Gasteiger partial charge in [-0.3, -0.25) is 0 Å². The van der Waals surface area contributed by atoms with Crippen molar-refractivity contribution in [3.05, 3.63) is 169 Å².